The average molecular weight is 519 g/mol. The molecule has 0 radical (unpaired) electrons. The van der Waals surface area contributed by atoms with Gasteiger partial charge in [-0.15, -0.1) is 0 Å². The molecule has 6 rings (SSSR count). The van der Waals surface area contributed by atoms with Gasteiger partial charge in [-0.3, -0.25) is 0 Å². The molecule has 2 aromatic rings. The summed E-state index contributed by atoms with van der Waals surface area (Å²) < 4.78 is 0. The molecule has 0 heterocycles. The van der Waals surface area contributed by atoms with Gasteiger partial charge in [0.2, 0.25) is 0 Å². The van der Waals surface area contributed by atoms with Gasteiger partial charge in [0, 0.05) is 0 Å². The second-order valence-corrected chi connectivity index (χ2v) is 18.8. The molecule has 2 fully saturated rings. The Balaban J connectivity index is 1.31. The SMILES string of the molecule is Cc1ccc(C2=CC=CC3C2CC(C)C3[Si](C)(C)C2C(C)CC3C(c4ccccc4C)=CC=CC32)c(C)c1. The molecule has 2 aromatic carbocycles. The molecule has 0 bridgehead atoms. The first-order chi connectivity index (χ1) is 18.2. The van der Waals surface area contributed by atoms with Gasteiger partial charge in [-0.1, -0.05) is 111 Å². The zero-order valence-electron chi connectivity index (χ0n) is 24.5. The van der Waals surface area contributed by atoms with Crippen LogP contribution in [0.4, 0.5) is 0 Å². The van der Waals surface area contributed by atoms with E-state index in [0.717, 1.165) is 22.9 Å². The maximum atomic E-state index is 2.78. The summed E-state index contributed by atoms with van der Waals surface area (Å²) in [6.45, 7) is 17.6. The Morgan fingerprint density at radius 1 is 0.658 bits per heavy atom. The van der Waals surface area contributed by atoms with Crippen LogP contribution in [0.3, 0.4) is 0 Å². The first-order valence-corrected chi connectivity index (χ1v) is 18.2. The van der Waals surface area contributed by atoms with Gasteiger partial charge in [0.25, 0.3) is 0 Å². The fraction of sp³-hybridized carbons (Fsp3) is 0.459. The van der Waals surface area contributed by atoms with Gasteiger partial charge in [0.1, 0.15) is 0 Å². The summed E-state index contributed by atoms with van der Waals surface area (Å²) in [7, 11) is -1.63. The van der Waals surface area contributed by atoms with E-state index in [2.05, 4.69) is 127 Å². The minimum absolute atomic E-state index is 0.671. The molecular formula is C37H46Si. The lowest BCUT2D eigenvalue weighted by atomic mass is 9.80. The molecule has 8 atom stereocenters. The lowest BCUT2D eigenvalue weighted by Crippen LogP contribution is -2.45. The fourth-order valence-corrected chi connectivity index (χ4v) is 16.3. The highest BCUT2D eigenvalue weighted by Gasteiger charge is 2.57. The Kier molecular flexibility index (Phi) is 6.58. The normalized spacial score (nSPS) is 34.1. The maximum absolute atomic E-state index is 2.78. The maximum Gasteiger partial charge on any atom is 0.0553 e. The molecule has 0 nitrogen and oxygen atoms in total. The highest BCUT2D eigenvalue weighted by atomic mass is 28.3. The minimum Gasteiger partial charge on any atom is -0.0808 e. The molecular weight excluding hydrogens is 472 g/mol. The van der Waals surface area contributed by atoms with E-state index in [-0.39, 0.29) is 0 Å². The summed E-state index contributed by atoms with van der Waals surface area (Å²) in [4.78, 5) is 0. The average Bonchev–Trinajstić information content (AvgIpc) is 3.40. The van der Waals surface area contributed by atoms with Crippen LogP contribution in [0, 0.1) is 56.3 Å². The van der Waals surface area contributed by atoms with Crippen molar-refractivity contribution < 1.29 is 0 Å². The van der Waals surface area contributed by atoms with Crippen LogP contribution in [0.25, 0.3) is 11.1 Å². The lowest BCUT2D eigenvalue weighted by Gasteiger charge is -2.46. The molecule has 0 N–H and O–H groups in total. The first-order valence-electron chi connectivity index (χ1n) is 15.1. The second kappa shape index (κ2) is 9.67. The van der Waals surface area contributed by atoms with Gasteiger partial charge in [0.05, 0.1) is 8.07 Å². The van der Waals surface area contributed by atoms with Gasteiger partial charge in [-0.2, -0.15) is 0 Å². The molecule has 0 saturated heterocycles. The molecule has 8 unspecified atom stereocenters. The summed E-state index contributed by atoms with van der Waals surface area (Å²) in [5, 5.41) is 0. The van der Waals surface area contributed by atoms with Crippen LogP contribution in [0.5, 0.6) is 0 Å². The highest BCUT2D eigenvalue weighted by molar-refractivity contribution is 6.80. The van der Waals surface area contributed by atoms with Crippen LogP contribution >= 0.6 is 0 Å². The summed E-state index contributed by atoms with van der Waals surface area (Å²) >= 11 is 0. The van der Waals surface area contributed by atoms with Gasteiger partial charge in [-0.25, -0.2) is 0 Å². The predicted molar refractivity (Wildman–Crippen MR) is 168 cm³/mol. The minimum atomic E-state index is -1.63. The fourth-order valence-electron chi connectivity index (χ4n) is 9.96. The summed E-state index contributed by atoms with van der Waals surface area (Å²) in [6.07, 6.45) is 17.6. The van der Waals surface area contributed by atoms with E-state index in [1.54, 1.807) is 11.1 Å². The standard InChI is InChI=1S/C37H46Si/c1-23-18-19-29(25(3)20-23)31-15-11-17-33-35(31)22-27(5)37(33)38(6,7)36-26(4)21-34-30(14-10-16-32(34)36)28-13-9-8-12-24(28)2/h8-20,26-27,32-37H,21-22H2,1-7H3. The smallest absolute Gasteiger partial charge is 0.0553 e. The summed E-state index contributed by atoms with van der Waals surface area (Å²) in [5.41, 5.74) is 12.1. The predicted octanol–water partition coefficient (Wildman–Crippen LogP) is 10.2. The second-order valence-electron chi connectivity index (χ2n) is 13.8. The molecule has 4 aliphatic carbocycles. The topological polar surface area (TPSA) is 0 Å². The largest absolute Gasteiger partial charge is 0.0808 e. The van der Waals surface area contributed by atoms with Crippen molar-refractivity contribution in [2.45, 2.75) is 71.6 Å². The Bertz CT molecular complexity index is 1350. The number of benzene rings is 2. The number of rotatable bonds is 4. The number of hydrogen-bond acceptors (Lipinski definition) is 0. The van der Waals surface area contributed by atoms with Crippen LogP contribution in [0.15, 0.2) is 78.9 Å². The summed E-state index contributed by atoms with van der Waals surface area (Å²) in [6, 6.07) is 16.1. The van der Waals surface area contributed by atoms with Crippen LogP contribution in [-0.4, -0.2) is 8.07 Å². The molecule has 0 spiro atoms. The van der Waals surface area contributed by atoms with Crippen molar-refractivity contribution in [1.82, 2.24) is 0 Å². The van der Waals surface area contributed by atoms with Gasteiger partial charge in [-0.05, 0) is 114 Å². The molecule has 2 saturated carbocycles. The van der Waals surface area contributed by atoms with Gasteiger partial charge < -0.3 is 0 Å². The number of aryl methyl sites for hydroxylation is 3. The number of allylic oxidation sites excluding steroid dienone is 8. The van der Waals surface area contributed by atoms with Crippen molar-refractivity contribution in [3.05, 3.63) is 107 Å². The van der Waals surface area contributed by atoms with Crippen molar-refractivity contribution in [3.8, 4) is 0 Å². The Morgan fingerprint density at radius 2 is 1.18 bits per heavy atom. The Morgan fingerprint density at radius 3 is 1.71 bits per heavy atom. The first kappa shape index (κ1) is 25.9. The number of hydrogen-bond donors (Lipinski definition) is 0. The van der Waals surface area contributed by atoms with Crippen molar-refractivity contribution in [3.63, 3.8) is 0 Å². The zero-order valence-corrected chi connectivity index (χ0v) is 25.5. The highest BCUT2D eigenvalue weighted by Crippen LogP contribution is 2.64. The van der Waals surface area contributed by atoms with Crippen LogP contribution in [0.1, 0.15) is 54.5 Å². The van der Waals surface area contributed by atoms with E-state index in [9.17, 15) is 0 Å². The number of fused-ring (bicyclic) bond motifs is 2. The molecule has 198 valence electrons. The van der Waals surface area contributed by atoms with E-state index in [4.69, 9.17) is 0 Å². The Labute approximate surface area is 232 Å². The van der Waals surface area contributed by atoms with Crippen molar-refractivity contribution >= 4 is 19.2 Å². The third kappa shape index (κ3) is 4.08. The van der Waals surface area contributed by atoms with E-state index in [1.807, 2.05) is 0 Å². The molecule has 38 heavy (non-hydrogen) atoms. The van der Waals surface area contributed by atoms with Crippen LogP contribution in [-0.2, 0) is 0 Å². The third-order valence-corrected chi connectivity index (χ3v) is 16.5. The quantitative estimate of drug-likeness (QED) is 0.353. The molecule has 1 heteroatoms. The third-order valence-electron chi connectivity index (χ3n) is 11.1. The molecule has 0 amide bonds. The van der Waals surface area contributed by atoms with Gasteiger partial charge >= 0.3 is 0 Å². The van der Waals surface area contributed by atoms with E-state index < -0.39 is 8.07 Å². The van der Waals surface area contributed by atoms with Crippen molar-refractivity contribution in [2.75, 3.05) is 0 Å². The van der Waals surface area contributed by atoms with Gasteiger partial charge in [0.15, 0.2) is 0 Å². The van der Waals surface area contributed by atoms with Crippen LogP contribution in [0.2, 0.25) is 24.2 Å². The van der Waals surface area contributed by atoms with E-state index in [1.165, 1.54) is 40.7 Å². The monoisotopic (exact) mass is 518 g/mol. The molecule has 4 aliphatic rings. The lowest BCUT2D eigenvalue weighted by molar-refractivity contribution is 0.495. The van der Waals surface area contributed by atoms with Crippen LogP contribution < -0.4 is 0 Å². The zero-order chi connectivity index (χ0) is 26.8. The van der Waals surface area contributed by atoms with E-state index in [0.29, 0.717) is 23.7 Å². The van der Waals surface area contributed by atoms with Crippen molar-refractivity contribution in [1.29, 1.82) is 0 Å². The van der Waals surface area contributed by atoms with E-state index >= 15 is 0 Å². The molecule has 0 aliphatic heterocycles. The Hall–Kier alpha value is -2.38. The molecule has 0 aromatic heterocycles. The summed E-state index contributed by atoms with van der Waals surface area (Å²) in [5.74, 6) is 4.30. The van der Waals surface area contributed by atoms with Crippen molar-refractivity contribution in [2.24, 2.45) is 35.5 Å².